The summed E-state index contributed by atoms with van der Waals surface area (Å²) < 4.78 is 5.29. The zero-order valence-electron chi connectivity index (χ0n) is 16.2. The van der Waals surface area contributed by atoms with Crippen molar-refractivity contribution < 1.29 is 9.21 Å². The number of hydrogen-bond acceptors (Lipinski definition) is 5. The molecule has 2 aromatic carbocycles. The van der Waals surface area contributed by atoms with Crippen molar-refractivity contribution >= 4 is 11.5 Å². The van der Waals surface area contributed by atoms with Crippen LogP contribution < -0.4 is 4.90 Å². The second-order valence-electron chi connectivity index (χ2n) is 7.41. The summed E-state index contributed by atoms with van der Waals surface area (Å²) in [6.45, 7) is 4.29. The predicted octanol–water partition coefficient (Wildman–Crippen LogP) is 3.45. The van der Waals surface area contributed by atoms with Crippen LogP contribution in [0.3, 0.4) is 0 Å². The van der Waals surface area contributed by atoms with Gasteiger partial charge in [0.05, 0.1) is 6.20 Å². The van der Waals surface area contributed by atoms with Crippen LogP contribution in [0, 0.1) is 0 Å². The third-order valence-corrected chi connectivity index (χ3v) is 5.28. The molecule has 0 unspecified atom stereocenters. The molecule has 4 rings (SSSR count). The Morgan fingerprint density at radius 3 is 2.11 bits per heavy atom. The van der Waals surface area contributed by atoms with E-state index in [0.29, 0.717) is 12.8 Å². The average molecular weight is 375 g/mol. The lowest BCUT2D eigenvalue weighted by atomic mass is 10.0. The predicted molar refractivity (Wildman–Crippen MR) is 111 cm³/mol. The van der Waals surface area contributed by atoms with Crippen LogP contribution in [0.1, 0.15) is 11.1 Å². The number of nitrogens with zero attached hydrogens (tertiary/aromatic N) is 3. The summed E-state index contributed by atoms with van der Waals surface area (Å²) in [6.07, 6.45) is 4.01. The van der Waals surface area contributed by atoms with Gasteiger partial charge in [-0.3, -0.25) is 4.79 Å². The first-order chi connectivity index (χ1) is 13.7. The van der Waals surface area contributed by atoms with E-state index in [-0.39, 0.29) is 5.78 Å². The Morgan fingerprint density at radius 1 is 0.929 bits per heavy atom. The molecule has 0 radical (unpaired) electrons. The van der Waals surface area contributed by atoms with Gasteiger partial charge in [-0.05, 0) is 30.3 Å². The molecular weight excluding hydrogens is 350 g/mol. The fourth-order valence-electron chi connectivity index (χ4n) is 3.55. The maximum atomic E-state index is 12.5. The van der Waals surface area contributed by atoms with E-state index in [2.05, 4.69) is 46.1 Å². The van der Waals surface area contributed by atoms with E-state index in [0.717, 1.165) is 48.6 Å². The first kappa shape index (κ1) is 18.4. The minimum absolute atomic E-state index is 0.222. The molecule has 0 saturated carbocycles. The van der Waals surface area contributed by atoms with Crippen molar-refractivity contribution in [1.29, 1.82) is 0 Å². The van der Waals surface area contributed by atoms with E-state index in [4.69, 9.17) is 4.42 Å². The first-order valence-electron chi connectivity index (χ1n) is 9.69. The normalized spacial score (nSPS) is 15.0. The summed E-state index contributed by atoms with van der Waals surface area (Å²) >= 11 is 0. The number of Topliss-reactive ketones (excluding diaryl/α,β-unsaturated/α-hetero) is 1. The number of benzene rings is 2. The summed E-state index contributed by atoms with van der Waals surface area (Å²) in [5.74, 6) is 0.957. The third kappa shape index (κ3) is 4.49. The van der Waals surface area contributed by atoms with Crippen molar-refractivity contribution in [2.24, 2.45) is 0 Å². The van der Waals surface area contributed by atoms with Gasteiger partial charge in [0.2, 0.25) is 0 Å². The number of aromatic nitrogens is 1. The molecule has 5 heteroatoms. The Morgan fingerprint density at radius 2 is 1.54 bits per heavy atom. The van der Waals surface area contributed by atoms with Gasteiger partial charge in [-0.1, -0.05) is 36.4 Å². The Bertz CT molecular complexity index is 894. The number of rotatable bonds is 6. The topological polar surface area (TPSA) is 49.6 Å². The second-order valence-corrected chi connectivity index (χ2v) is 7.41. The summed E-state index contributed by atoms with van der Waals surface area (Å²) in [5, 5.41) is 0. The second kappa shape index (κ2) is 8.40. The Balaban J connectivity index is 1.32. The maximum absolute atomic E-state index is 12.5. The summed E-state index contributed by atoms with van der Waals surface area (Å²) in [4.78, 5) is 21.2. The van der Waals surface area contributed by atoms with Crippen molar-refractivity contribution in [3.8, 4) is 11.3 Å². The van der Waals surface area contributed by atoms with Crippen LogP contribution in [0.25, 0.3) is 11.3 Å². The van der Waals surface area contributed by atoms with Crippen LogP contribution in [-0.2, 0) is 17.6 Å². The summed E-state index contributed by atoms with van der Waals surface area (Å²) in [5.41, 5.74) is 4.30. The van der Waals surface area contributed by atoms with Crippen LogP contribution in [0.4, 0.5) is 5.69 Å². The van der Waals surface area contributed by atoms with Gasteiger partial charge in [0.1, 0.15) is 5.78 Å². The summed E-state index contributed by atoms with van der Waals surface area (Å²) in [6, 6.07) is 16.3. The molecule has 1 aliphatic rings. The number of hydrogen-bond donors (Lipinski definition) is 0. The lowest BCUT2D eigenvalue weighted by molar-refractivity contribution is -0.117. The zero-order chi connectivity index (χ0) is 19.3. The molecule has 0 N–H and O–H groups in total. The molecule has 0 spiro atoms. The highest BCUT2D eigenvalue weighted by atomic mass is 16.3. The quantitative estimate of drug-likeness (QED) is 0.660. The minimum atomic E-state index is 0.222. The molecular formula is C23H25N3O2. The van der Waals surface area contributed by atoms with E-state index in [1.807, 2.05) is 24.3 Å². The first-order valence-corrected chi connectivity index (χ1v) is 9.69. The monoisotopic (exact) mass is 375 g/mol. The Labute approximate surface area is 165 Å². The molecule has 0 atom stereocenters. The van der Waals surface area contributed by atoms with E-state index in [9.17, 15) is 4.79 Å². The smallest absolute Gasteiger partial charge is 0.181 e. The molecule has 2 heterocycles. The third-order valence-electron chi connectivity index (χ3n) is 5.28. The zero-order valence-corrected chi connectivity index (χ0v) is 16.2. The molecule has 144 valence electrons. The highest BCUT2D eigenvalue weighted by molar-refractivity contribution is 5.83. The number of carbonyl (C=O) groups excluding carboxylic acids is 1. The van der Waals surface area contributed by atoms with Gasteiger partial charge >= 0.3 is 0 Å². The van der Waals surface area contributed by atoms with Gasteiger partial charge < -0.3 is 14.2 Å². The van der Waals surface area contributed by atoms with Gasteiger partial charge in [0.25, 0.3) is 0 Å². The van der Waals surface area contributed by atoms with Crippen molar-refractivity contribution in [3.05, 3.63) is 72.2 Å². The van der Waals surface area contributed by atoms with Crippen LogP contribution in [0.5, 0.6) is 0 Å². The Kier molecular flexibility index (Phi) is 5.53. The fraction of sp³-hybridized carbons (Fsp3) is 0.304. The molecule has 5 nitrogen and oxygen atoms in total. The molecule has 1 saturated heterocycles. The molecule has 1 aliphatic heterocycles. The van der Waals surface area contributed by atoms with Gasteiger partial charge in [0, 0.05) is 50.3 Å². The standard InChI is InChI=1S/C23H25N3O2/c1-25-10-12-26(13-11-25)21-8-4-19(5-9-21)15-22(27)14-18-2-6-20(7-3-18)23-16-24-17-28-23/h2-9,16-17H,10-15H2,1H3. The Hall–Kier alpha value is -2.92. The number of piperazine rings is 1. The highest BCUT2D eigenvalue weighted by Crippen LogP contribution is 2.20. The number of carbonyl (C=O) groups is 1. The minimum Gasteiger partial charge on any atom is -0.444 e. The van der Waals surface area contributed by atoms with Crippen molar-refractivity contribution in [2.45, 2.75) is 12.8 Å². The molecule has 0 aliphatic carbocycles. The van der Waals surface area contributed by atoms with Gasteiger partial charge in [-0.2, -0.15) is 0 Å². The average Bonchev–Trinajstić information content (AvgIpc) is 3.25. The molecule has 0 amide bonds. The van der Waals surface area contributed by atoms with E-state index in [1.165, 1.54) is 12.1 Å². The van der Waals surface area contributed by atoms with Crippen LogP contribution in [0.2, 0.25) is 0 Å². The largest absolute Gasteiger partial charge is 0.444 e. The van der Waals surface area contributed by atoms with Crippen molar-refractivity contribution in [2.75, 3.05) is 38.1 Å². The van der Waals surface area contributed by atoms with Crippen LogP contribution in [0.15, 0.2) is 65.5 Å². The van der Waals surface area contributed by atoms with Gasteiger partial charge in [-0.25, -0.2) is 4.98 Å². The highest BCUT2D eigenvalue weighted by Gasteiger charge is 2.14. The lowest BCUT2D eigenvalue weighted by Gasteiger charge is -2.34. The van der Waals surface area contributed by atoms with E-state index in [1.54, 1.807) is 6.20 Å². The lowest BCUT2D eigenvalue weighted by Crippen LogP contribution is -2.44. The molecule has 0 bridgehead atoms. The number of anilines is 1. The number of oxazole rings is 1. The van der Waals surface area contributed by atoms with Crippen LogP contribution >= 0.6 is 0 Å². The molecule has 3 aromatic rings. The van der Waals surface area contributed by atoms with Crippen molar-refractivity contribution in [1.82, 2.24) is 9.88 Å². The van der Waals surface area contributed by atoms with Crippen molar-refractivity contribution in [3.63, 3.8) is 0 Å². The van der Waals surface area contributed by atoms with E-state index >= 15 is 0 Å². The van der Waals surface area contributed by atoms with E-state index < -0.39 is 0 Å². The van der Waals surface area contributed by atoms with Gasteiger partial charge in [0.15, 0.2) is 12.2 Å². The molecule has 1 fully saturated rings. The van der Waals surface area contributed by atoms with Gasteiger partial charge in [-0.15, -0.1) is 0 Å². The van der Waals surface area contributed by atoms with Crippen LogP contribution in [-0.4, -0.2) is 48.9 Å². The fourth-order valence-corrected chi connectivity index (χ4v) is 3.55. The molecule has 1 aromatic heterocycles. The number of ketones is 1. The number of likely N-dealkylation sites (N-methyl/N-ethyl adjacent to an activating group) is 1. The SMILES string of the molecule is CN1CCN(c2ccc(CC(=O)Cc3ccc(-c4cnco4)cc3)cc2)CC1. The summed E-state index contributed by atoms with van der Waals surface area (Å²) in [7, 11) is 2.16. The maximum Gasteiger partial charge on any atom is 0.181 e. The molecule has 28 heavy (non-hydrogen) atoms.